The van der Waals surface area contributed by atoms with Gasteiger partial charge >= 0.3 is 0 Å². The molecule has 18 heavy (non-hydrogen) atoms. The molecular weight excluding hydrogens is 231 g/mol. The number of pyridine rings is 1. The smallest absolute Gasteiger partial charge is 0.129 e. The summed E-state index contributed by atoms with van der Waals surface area (Å²) in [7, 11) is 0. The van der Waals surface area contributed by atoms with Crippen LogP contribution in [0, 0.1) is 12.7 Å². The van der Waals surface area contributed by atoms with Crippen LogP contribution in [0.25, 0.3) is 0 Å². The van der Waals surface area contributed by atoms with Crippen LogP contribution < -0.4 is 5.73 Å². The minimum Gasteiger partial charge on any atom is -0.383 e. The van der Waals surface area contributed by atoms with Crippen molar-refractivity contribution in [1.82, 2.24) is 4.98 Å². The predicted molar refractivity (Wildman–Crippen MR) is 68.5 cm³/mol. The quantitative estimate of drug-likeness (QED) is 0.855. The molecule has 0 amide bonds. The standard InChI is InChI=1S/C14H15FN2O/c1-9-6-12(13(16)17-8-9)14(2,18)10-4-3-5-11(15)7-10/h3-8,18H,1-2H3,(H2,16,17). The van der Waals surface area contributed by atoms with Crippen LogP contribution in [0.1, 0.15) is 23.6 Å². The molecule has 4 heteroatoms. The van der Waals surface area contributed by atoms with Crippen LogP contribution in [-0.2, 0) is 5.60 Å². The van der Waals surface area contributed by atoms with Crippen molar-refractivity contribution in [1.29, 1.82) is 0 Å². The Morgan fingerprint density at radius 1 is 1.33 bits per heavy atom. The number of hydrogen-bond acceptors (Lipinski definition) is 3. The van der Waals surface area contributed by atoms with E-state index in [1.807, 2.05) is 6.92 Å². The van der Waals surface area contributed by atoms with E-state index in [9.17, 15) is 9.50 Å². The van der Waals surface area contributed by atoms with Gasteiger partial charge in [0.1, 0.15) is 17.2 Å². The number of rotatable bonds is 2. The molecule has 2 aromatic rings. The van der Waals surface area contributed by atoms with Gasteiger partial charge in [-0.15, -0.1) is 0 Å². The Kier molecular flexibility index (Phi) is 3.05. The monoisotopic (exact) mass is 246 g/mol. The molecule has 1 unspecified atom stereocenters. The molecule has 1 heterocycles. The van der Waals surface area contributed by atoms with Gasteiger partial charge in [0, 0.05) is 11.8 Å². The molecular formula is C14H15FN2O. The second kappa shape index (κ2) is 4.38. The van der Waals surface area contributed by atoms with E-state index in [1.165, 1.54) is 12.1 Å². The van der Waals surface area contributed by atoms with Gasteiger partial charge in [-0.3, -0.25) is 0 Å². The summed E-state index contributed by atoms with van der Waals surface area (Å²) in [6.07, 6.45) is 1.63. The number of nitrogens with two attached hydrogens (primary N) is 1. The van der Waals surface area contributed by atoms with Crippen LogP contribution in [0.2, 0.25) is 0 Å². The highest BCUT2D eigenvalue weighted by molar-refractivity contribution is 5.49. The fourth-order valence-corrected chi connectivity index (χ4v) is 1.92. The van der Waals surface area contributed by atoms with E-state index < -0.39 is 11.4 Å². The van der Waals surface area contributed by atoms with Gasteiger partial charge in [0.25, 0.3) is 0 Å². The molecule has 0 bridgehead atoms. The lowest BCUT2D eigenvalue weighted by atomic mass is 9.88. The Morgan fingerprint density at radius 3 is 2.72 bits per heavy atom. The average molecular weight is 246 g/mol. The van der Waals surface area contributed by atoms with E-state index >= 15 is 0 Å². The van der Waals surface area contributed by atoms with Crippen molar-refractivity contribution < 1.29 is 9.50 Å². The third-order valence-electron chi connectivity index (χ3n) is 2.97. The SMILES string of the molecule is Cc1cnc(N)c(C(C)(O)c2cccc(F)c2)c1. The summed E-state index contributed by atoms with van der Waals surface area (Å²) in [5, 5.41) is 10.6. The zero-order valence-electron chi connectivity index (χ0n) is 10.3. The molecule has 0 aliphatic rings. The van der Waals surface area contributed by atoms with E-state index in [2.05, 4.69) is 4.98 Å². The molecule has 3 N–H and O–H groups in total. The molecule has 1 aromatic heterocycles. The maximum absolute atomic E-state index is 13.2. The zero-order valence-corrected chi connectivity index (χ0v) is 10.3. The molecule has 0 radical (unpaired) electrons. The number of nitrogen functional groups attached to an aromatic ring is 1. The first kappa shape index (κ1) is 12.5. The van der Waals surface area contributed by atoms with Crippen molar-refractivity contribution in [3.63, 3.8) is 0 Å². The number of halogens is 1. The summed E-state index contributed by atoms with van der Waals surface area (Å²) >= 11 is 0. The molecule has 0 fully saturated rings. The van der Waals surface area contributed by atoms with Gasteiger partial charge in [-0.2, -0.15) is 0 Å². The molecule has 94 valence electrons. The van der Waals surface area contributed by atoms with E-state index in [4.69, 9.17) is 5.73 Å². The largest absolute Gasteiger partial charge is 0.383 e. The van der Waals surface area contributed by atoms with E-state index in [1.54, 1.807) is 31.3 Å². The molecule has 2 rings (SSSR count). The molecule has 0 aliphatic heterocycles. The summed E-state index contributed by atoms with van der Waals surface area (Å²) in [6, 6.07) is 7.59. The van der Waals surface area contributed by atoms with Crippen LogP contribution >= 0.6 is 0 Å². The topological polar surface area (TPSA) is 59.1 Å². The first-order valence-corrected chi connectivity index (χ1v) is 5.62. The Hall–Kier alpha value is -1.94. The van der Waals surface area contributed by atoms with Crippen molar-refractivity contribution in [2.45, 2.75) is 19.4 Å². The van der Waals surface area contributed by atoms with Crippen LogP contribution in [0.4, 0.5) is 10.2 Å². The summed E-state index contributed by atoms with van der Waals surface area (Å²) < 4.78 is 13.2. The van der Waals surface area contributed by atoms with Crippen molar-refractivity contribution in [2.75, 3.05) is 5.73 Å². The summed E-state index contributed by atoms with van der Waals surface area (Å²) in [5.41, 5.74) is 6.23. The molecule has 1 aromatic carbocycles. The van der Waals surface area contributed by atoms with Gasteiger partial charge in [0.2, 0.25) is 0 Å². The molecule has 0 saturated carbocycles. The second-order valence-electron chi connectivity index (χ2n) is 4.53. The lowest BCUT2D eigenvalue weighted by Crippen LogP contribution is -2.25. The Bertz CT molecular complexity index is 582. The number of hydrogen-bond donors (Lipinski definition) is 2. The minimum absolute atomic E-state index is 0.245. The van der Waals surface area contributed by atoms with Crippen LogP contribution in [0.15, 0.2) is 36.5 Å². The van der Waals surface area contributed by atoms with Crippen LogP contribution in [0.3, 0.4) is 0 Å². The highest BCUT2D eigenvalue weighted by atomic mass is 19.1. The van der Waals surface area contributed by atoms with Crippen LogP contribution in [0.5, 0.6) is 0 Å². The third kappa shape index (κ3) is 2.19. The fraction of sp³-hybridized carbons (Fsp3) is 0.214. The van der Waals surface area contributed by atoms with E-state index in [-0.39, 0.29) is 5.82 Å². The van der Waals surface area contributed by atoms with Crippen molar-refractivity contribution in [2.24, 2.45) is 0 Å². The number of nitrogens with zero attached hydrogens (tertiary/aromatic N) is 1. The lowest BCUT2D eigenvalue weighted by molar-refractivity contribution is 0.102. The molecule has 0 spiro atoms. The zero-order chi connectivity index (χ0) is 13.3. The van der Waals surface area contributed by atoms with E-state index in [0.29, 0.717) is 11.1 Å². The number of aliphatic hydroxyl groups is 1. The number of aryl methyl sites for hydroxylation is 1. The Labute approximate surface area is 105 Å². The number of anilines is 1. The van der Waals surface area contributed by atoms with Gasteiger partial charge in [0.15, 0.2) is 0 Å². The Morgan fingerprint density at radius 2 is 2.06 bits per heavy atom. The summed E-state index contributed by atoms with van der Waals surface area (Å²) in [6.45, 7) is 3.44. The average Bonchev–Trinajstić information content (AvgIpc) is 2.32. The lowest BCUT2D eigenvalue weighted by Gasteiger charge is -2.25. The van der Waals surface area contributed by atoms with Gasteiger partial charge in [0.05, 0.1) is 0 Å². The predicted octanol–water partition coefficient (Wildman–Crippen LogP) is 2.37. The maximum atomic E-state index is 13.2. The first-order chi connectivity index (χ1) is 8.41. The highest BCUT2D eigenvalue weighted by Gasteiger charge is 2.28. The van der Waals surface area contributed by atoms with Crippen molar-refractivity contribution in [3.05, 3.63) is 59.0 Å². The molecule has 0 aliphatic carbocycles. The third-order valence-corrected chi connectivity index (χ3v) is 2.97. The minimum atomic E-state index is -1.37. The van der Waals surface area contributed by atoms with Crippen molar-refractivity contribution >= 4 is 5.82 Å². The summed E-state index contributed by atoms with van der Waals surface area (Å²) in [5.74, 6) is -0.151. The fourth-order valence-electron chi connectivity index (χ4n) is 1.92. The highest BCUT2D eigenvalue weighted by Crippen LogP contribution is 2.32. The van der Waals surface area contributed by atoms with Crippen LogP contribution in [-0.4, -0.2) is 10.1 Å². The molecule has 3 nitrogen and oxygen atoms in total. The maximum Gasteiger partial charge on any atom is 0.129 e. The molecule has 0 saturated heterocycles. The number of benzene rings is 1. The normalized spacial score (nSPS) is 14.2. The first-order valence-electron chi connectivity index (χ1n) is 5.62. The van der Waals surface area contributed by atoms with Gasteiger partial charge in [-0.25, -0.2) is 9.37 Å². The molecule has 1 atom stereocenters. The van der Waals surface area contributed by atoms with Crippen molar-refractivity contribution in [3.8, 4) is 0 Å². The second-order valence-corrected chi connectivity index (χ2v) is 4.53. The van der Waals surface area contributed by atoms with Gasteiger partial charge in [-0.1, -0.05) is 12.1 Å². The Balaban J connectivity index is 2.57. The number of aromatic nitrogens is 1. The van der Waals surface area contributed by atoms with E-state index in [0.717, 1.165) is 5.56 Å². The summed E-state index contributed by atoms with van der Waals surface area (Å²) in [4.78, 5) is 4.02. The van der Waals surface area contributed by atoms with Gasteiger partial charge < -0.3 is 10.8 Å². The van der Waals surface area contributed by atoms with Gasteiger partial charge in [-0.05, 0) is 43.2 Å².